The first-order valence-corrected chi connectivity index (χ1v) is 14.8. The predicted octanol–water partition coefficient (Wildman–Crippen LogP) is 11.0. The Balaban J connectivity index is 1.32. The number of hydrogen-bond acceptors (Lipinski definition) is 4. The fourth-order valence-corrected chi connectivity index (χ4v) is 7.09. The van der Waals surface area contributed by atoms with Gasteiger partial charge in [-0.05, 0) is 52.1 Å². The second-order valence-corrected chi connectivity index (χ2v) is 11.4. The number of hydrogen-bond donors (Lipinski definition) is 0. The minimum absolute atomic E-state index is 0.630. The van der Waals surface area contributed by atoms with Gasteiger partial charge in [-0.15, -0.1) is 0 Å². The Morgan fingerprint density at radius 3 is 2.11 bits per heavy atom. The van der Waals surface area contributed by atoms with Gasteiger partial charge >= 0.3 is 0 Å². The summed E-state index contributed by atoms with van der Waals surface area (Å²) in [6.45, 7) is 0. The summed E-state index contributed by atoms with van der Waals surface area (Å²) < 4.78 is 6.50. The molecular weight excluding hydrogens is 538 g/mol. The Bertz CT molecular complexity index is 2630. The summed E-state index contributed by atoms with van der Waals surface area (Å²) in [7, 11) is 0. The SMILES string of the molecule is c1ccc2c3c(ccc2c1)N(c1nc(-c2cccc4c2oc2ccccc24)c2ccccc2n1)c1cccc2cccc-3c12. The Morgan fingerprint density at radius 2 is 1.18 bits per heavy atom. The molecule has 10 rings (SSSR count). The van der Waals surface area contributed by atoms with Crippen LogP contribution in [0.15, 0.2) is 144 Å². The molecule has 204 valence electrons. The molecule has 2 aromatic heterocycles. The smallest absolute Gasteiger partial charge is 0.235 e. The van der Waals surface area contributed by atoms with Crippen LogP contribution in [0.25, 0.3) is 76.8 Å². The van der Waals surface area contributed by atoms with E-state index < -0.39 is 0 Å². The van der Waals surface area contributed by atoms with Crippen molar-refractivity contribution in [2.24, 2.45) is 0 Å². The molecule has 0 aliphatic carbocycles. The van der Waals surface area contributed by atoms with Crippen LogP contribution in [0.1, 0.15) is 0 Å². The fraction of sp³-hybridized carbons (Fsp3) is 0. The molecule has 4 nitrogen and oxygen atoms in total. The molecule has 0 amide bonds. The normalized spacial score (nSPS) is 12.5. The predicted molar refractivity (Wildman–Crippen MR) is 181 cm³/mol. The van der Waals surface area contributed by atoms with Crippen molar-refractivity contribution in [1.82, 2.24) is 9.97 Å². The van der Waals surface area contributed by atoms with Crippen molar-refractivity contribution in [3.05, 3.63) is 140 Å². The summed E-state index contributed by atoms with van der Waals surface area (Å²) >= 11 is 0. The van der Waals surface area contributed by atoms with Gasteiger partial charge in [-0.2, -0.15) is 0 Å². The topological polar surface area (TPSA) is 42.2 Å². The molecule has 44 heavy (non-hydrogen) atoms. The van der Waals surface area contributed by atoms with E-state index in [0.717, 1.165) is 55.5 Å². The first-order valence-electron chi connectivity index (χ1n) is 14.8. The lowest BCUT2D eigenvalue weighted by molar-refractivity contribution is 0.670. The second kappa shape index (κ2) is 8.76. The van der Waals surface area contributed by atoms with Gasteiger partial charge in [0.05, 0.1) is 22.6 Å². The molecule has 0 spiro atoms. The van der Waals surface area contributed by atoms with Crippen molar-refractivity contribution < 1.29 is 4.42 Å². The van der Waals surface area contributed by atoms with E-state index in [2.05, 4.69) is 120 Å². The number of para-hydroxylation sites is 3. The van der Waals surface area contributed by atoms with Crippen LogP contribution in [0, 0.1) is 0 Å². The number of rotatable bonds is 2. The van der Waals surface area contributed by atoms with Crippen LogP contribution in [-0.4, -0.2) is 9.97 Å². The fourth-order valence-electron chi connectivity index (χ4n) is 7.09. The summed E-state index contributed by atoms with van der Waals surface area (Å²) in [6.07, 6.45) is 0. The van der Waals surface area contributed by atoms with Crippen LogP contribution < -0.4 is 4.90 Å². The van der Waals surface area contributed by atoms with Crippen LogP contribution in [0.4, 0.5) is 17.3 Å². The number of nitrogens with zero attached hydrogens (tertiary/aromatic N) is 3. The zero-order valence-electron chi connectivity index (χ0n) is 23.5. The van der Waals surface area contributed by atoms with Gasteiger partial charge in [0.15, 0.2) is 0 Å². The second-order valence-electron chi connectivity index (χ2n) is 11.4. The molecule has 1 aliphatic rings. The highest BCUT2D eigenvalue weighted by Gasteiger charge is 2.30. The van der Waals surface area contributed by atoms with E-state index in [1.807, 2.05) is 24.3 Å². The van der Waals surface area contributed by atoms with Crippen LogP contribution in [-0.2, 0) is 0 Å². The molecule has 7 aromatic carbocycles. The van der Waals surface area contributed by atoms with E-state index in [1.54, 1.807) is 0 Å². The molecule has 1 aliphatic heterocycles. The number of furan rings is 1. The van der Waals surface area contributed by atoms with E-state index in [9.17, 15) is 0 Å². The number of benzene rings is 7. The zero-order chi connectivity index (χ0) is 28.8. The molecule has 0 atom stereocenters. The summed E-state index contributed by atoms with van der Waals surface area (Å²) in [6, 6.07) is 48.9. The summed E-state index contributed by atoms with van der Waals surface area (Å²) in [4.78, 5) is 12.9. The Morgan fingerprint density at radius 1 is 0.477 bits per heavy atom. The van der Waals surface area contributed by atoms with Gasteiger partial charge in [0, 0.05) is 32.7 Å². The standard InChI is InChI=1S/C40H23N3O/c1-2-13-26-24(10-1)22-23-34-37(26)30-17-7-11-25-12-8-20-33(36(25)30)43(34)40-41-32-19-5-3-15-29(32)38(42-40)31-18-9-16-28-27-14-4-6-21-35(27)44-39(28)31/h1-23H. The largest absolute Gasteiger partial charge is 0.455 e. The number of fused-ring (bicyclic) bond motifs is 8. The van der Waals surface area contributed by atoms with E-state index in [4.69, 9.17) is 14.4 Å². The Kier molecular flexibility index (Phi) is 4.69. The summed E-state index contributed by atoms with van der Waals surface area (Å²) in [5.41, 5.74) is 8.96. The van der Waals surface area contributed by atoms with Gasteiger partial charge in [0.2, 0.25) is 5.95 Å². The molecule has 3 heterocycles. The third-order valence-electron chi connectivity index (χ3n) is 8.99. The lowest BCUT2D eigenvalue weighted by atomic mass is 9.88. The van der Waals surface area contributed by atoms with Gasteiger partial charge in [-0.1, -0.05) is 109 Å². The molecule has 0 saturated carbocycles. The van der Waals surface area contributed by atoms with Gasteiger partial charge in [0.25, 0.3) is 0 Å². The van der Waals surface area contributed by atoms with E-state index in [1.165, 1.54) is 32.7 Å². The molecule has 0 radical (unpaired) electrons. The van der Waals surface area contributed by atoms with Crippen LogP contribution in [0.5, 0.6) is 0 Å². The molecule has 0 saturated heterocycles. The Labute approximate surface area is 252 Å². The van der Waals surface area contributed by atoms with Crippen LogP contribution in [0.2, 0.25) is 0 Å². The quantitative estimate of drug-likeness (QED) is 0.211. The van der Waals surface area contributed by atoms with Gasteiger partial charge in [0.1, 0.15) is 11.2 Å². The van der Waals surface area contributed by atoms with E-state index >= 15 is 0 Å². The van der Waals surface area contributed by atoms with Crippen molar-refractivity contribution >= 4 is 71.7 Å². The molecule has 0 bridgehead atoms. The number of aromatic nitrogens is 2. The first-order chi connectivity index (χ1) is 21.8. The molecule has 4 heteroatoms. The molecule has 0 fully saturated rings. The summed E-state index contributed by atoms with van der Waals surface area (Å²) in [5.74, 6) is 0.630. The average Bonchev–Trinajstić information content (AvgIpc) is 3.47. The maximum absolute atomic E-state index is 6.50. The van der Waals surface area contributed by atoms with Crippen molar-refractivity contribution in [3.63, 3.8) is 0 Å². The van der Waals surface area contributed by atoms with Crippen LogP contribution in [0.3, 0.4) is 0 Å². The molecule has 0 unspecified atom stereocenters. The average molecular weight is 562 g/mol. The van der Waals surface area contributed by atoms with Gasteiger partial charge in [-0.25, -0.2) is 9.97 Å². The maximum Gasteiger partial charge on any atom is 0.235 e. The maximum atomic E-state index is 6.50. The minimum Gasteiger partial charge on any atom is -0.455 e. The van der Waals surface area contributed by atoms with Gasteiger partial charge in [-0.3, -0.25) is 4.90 Å². The third kappa shape index (κ3) is 3.17. The van der Waals surface area contributed by atoms with Crippen molar-refractivity contribution in [3.8, 4) is 22.4 Å². The Hall–Kier alpha value is -6.00. The van der Waals surface area contributed by atoms with Crippen molar-refractivity contribution in [1.29, 1.82) is 0 Å². The highest BCUT2D eigenvalue weighted by Crippen LogP contribution is 2.52. The molecule has 0 N–H and O–H groups in total. The summed E-state index contributed by atoms with van der Waals surface area (Å²) in [5, 5.41) is 7.98. The molecular formula is C40H23N3O. The van der Waals surface area contributed by atoms with Crippen molar-refractivity contribution in [2.75, 3.05) is 4.90 Å². The minimum atomic E-state index is 0.630. The highest BCUT2D eigenvalue weighted by atomic mass is 16.3. The zero-order valence-corrected chi connectivity index (χ0v) is 23.5. The lowest BCUT2D eigenvalue weighted by Crippen LogP contribution is -2.18. The van der Waals surface area contributed by atoms with E-state index in [0.29, 0.717) is 5.95 Å². The van der Waals surface area contributed by atoms with Crippen LogP contribution >= 0.6 is 0 Å². The first kappa shape index (κ1) is 23.6. The van der Waals surface area contributed by atoms with E-state index in [-0.39, 0.29) is 0 Å². The van der Waals surface area contributed by atoms with Crippen molar-refractivity contribution in [2.45, 2.75) is 0 Å². The third-order valence-corrected chi connectivity index (χ3v) is 8.99. The van der Waals surface area contributed by atoms with Gasteiger partial charge < -0.3 is 4.42 Å². The lowest BCUT2D eigenvalue weighted by Gasteiger charge is -2.33. The highest BCUT2D eigenvalue weighted by molar-refractivity contribution is 6.19. The number of anilines is 3. The molecule has 9 aromatic rings. The monoisotopic (exact) mass is 561 g/mol.